The van der Waals surface area contributed by atoms with Gasteiger partial charge in [-0.3, -0.25) is 0 Å². The van der Waals surface area contributed by atoms with E-state index in [0.717, 1.165) is 11.1 Å². The van der Waals surface area contributed by atoms with Gasteiger partial charge >= 0.3 is 0 Å². The van der Waals surface area contributed by atoms with Crippen LogP contribution < -0.4 is 5.73 Å². The summed E-state index contributed by atoms with van der Waals surface area (Å²) in [4.78, 5) is 0.361. The summed E-state index contributed by atoms with van der Waals surface area (Å²) in [5.41, 5.74) is 6.91. The first-order chi connectivity index (χ1) is 10.4. The minimum absolute atomic E-state index is 0.317. The van der Waals surface area contributed by atoms with Crippen LogP contribution in [0.5, 0.6) is 0 Å². The van der Waals surface area contributed by atoms with Crippen molar-refractivity contribution in [1.82, 2.24) is 0 Å². The maximum absolute atomic E-state index is 12.9. The molecule has 0 aliphatic carbocycles. The quantitative estimate of drug-likeness (QED) is 0.921. The van der Waals surface area contributed by atoms with Crippen LogP contribution >= 0.6 is 0 Å². The Balaban J connectivity index is 2.40. The zero-order valence-electron chi connectivity index (χ0n) is 13.4. The second-order valence-corrected chi connectivity index (χ2v) is 8.09. The Bertz CT molecular complexity index is 717. The van der Waals surface area contributed by atoms with E-state index in [-0.39, 0.29) is 0 Å². The molecule has 0 heterocycles. The van der Waals surface area contributed by atoms with Crippen molar-refractivity contribution >= 4 is 9.84 Å². The molecular weight excluding hydrogens is 294 g/mol. The van der Waals surface area contributed by atoms with Crippen LogP contribution in [-0.4, -0.2) is 15.0 Å². The molecule has 2 rings (SSSR count). The maximum Gasteiger partial charge on any atom is 0.190 e. The summed E-state index contributed by atoms with van der Waals surface area (Å²) in [5.74, 6) is 0.431. The van der Waals surface area contributed by atoms with E-state index in [4.69, 9.17) is 0 Å². The monoisotopic (exact) mass is 318 g/mol. The van der Waals surface area contributed by atoms with Crippen LogP contribution in [0, 0.1) is 6.92 Å². The summed E-state index contributed by atoms with van der Waals surface area (Å²) in [5, 5.41) is -0.601. The molecule has 2 aromatic carbocycles. The first kappa shape index (κ1) is 16.7. The molecule has 0 spiro atoms. The average Bonchev–Trinajstić information content (AvgIpc) is 2.48. The fraction of sp³-hybridized carbons (Fsp3) is 0.333. The summed E-state index contributed by atoms with van der Waals surface area (Å²) in [6.45, 7) is 6.50. The fourth-order valence-corrected chi connectivity index (χ4v) is 4.16. The third-order valence-electron chi connectivity index (χ3n) is 3.96. The molecule has 0 fully saturated rings. The number of aryl methyl sites for hydroxylation is 1. The fourth-order valence-electron chi connectivity index (χ4n) is 2.49. The largest absolute Gasteiger partial charge is 0.356 e. The van der Waals surface area contributed by atoms with Crippen molar-refractivity contribution in [2.45, 2.75) is 36.8 Å². The Morgan fingerprint density at radius 3 is 1.86 bits per heavy atom. The summed E-state index contributed by atoms with van der Waals surface area (Å²) in [7, 11) is -3.42. The number of hydrogen-bond donors (Lipinski definition) is 1. The summed E-state index contributed by atoms with van der Waals surface area (Å²) < 4.78 is 25.7. The highest BCUT2D eigenvalue weighted by atomic mass is 32.2. The van der Waals surface area contributed by atoms with Crippen molar-refractivity contribution < 1.29 is 14.2 Å². The Morgan fingerprint density at radius 2 is 1.41 bits per heavy atom. The third-order valence-corrected chi connectivity index (χ3v) is 6.15. The Hall–Kier alpha value is -1.65. The first-order valence-electron chi connectivity index (χ1n) is 7.56. The van der Waals surface area contributed by atoms with Crippen molar-refractivity contribution in [3.05, 3.63) is 65.2 Å². The molecule has 0 radical (unpaired) electrons. The van der Waals surface area contributed by atoms with Gasteiger partial charge in [-0.1, -0.05) is 55.8 Å². The Kier molecular flexibility index (Phi) is 5.04. The van der Waals surface area contributed by atoms with Gasteiger partial charge in [0.15, 0.2) is 9.84 Å². The molecule has 0 amide bonds. The van der Waals surface area contributed by atoms with E-state index in [1.807, 2.05) is 43.3 Å². The molecule has 4 heteroatoms. The molecule has 118 valence electrons. The first-order valence-corrected chi connectivity index (χ1v) is 9.10. The van der Waals surface area contributed by atoms with Crippen LogP contribution in [0.3, 0.4) is 0 Å². The van der Waals surface area contributed by atoms with E-state index in [2.05, 4.69) is 19.6 Å². The SMILES string of the molecule is Cc1ccc(S(=O)(=O)[C@H](C[NH3+])c2ccc(C(C)C)cc2)cc1. The standard InChI is InChI=1S/C18H23NO2S/c1-13(2)15-6-8-16(9-7-15)18(12-19)22(20,21)17-10-4-14(3)5-11-17/h4-11,13,18H,12,19H2,1-3H3/p+1/t18-/m1/s1. The smallest absolute Gasteiger partial charge is 0.190 e. The minimum Gasteiger partial charge on any atom is -0.356 e. The van der Waals surface area contributed by atoms with E-state index in [1.165, 1.54) is 5.56 Å². The lowest BCUT2D eigenvalue weighted by Gasteiger charge is -2.16. The molecule has 22 heavy (non-hydrogen) atoms. The lowest BCUT2D eigenvalue weighted by Crippen LogP contribution is -2.54. The van der Waals surface area contributed by atoms with Crippen molar-refractivity contribution in [2.24, 2.45) is 0 Å². The number of quaternary nitrogens is 1. The van der Waals surface area contributed by atoms with E-state index in [9.17, 15) is 8.42 Å². The zero-order chi connectivity index (χ0) is 16.3. The normalized spacial score (nSPS) is 13.3. The van der Waals surface area contributed by atoms with E-state index >= 15 is 0 Å². The van der Waals surface area contributed by atoms with E-state index in [1.54, 1.807) is 12.1 Å². The summed E-state index contributed by atoms with van der Waals surface area (Å²) in [6, 6.07) is 14.9. The lowest BCUT2D eigenvalue weighted by atomic mass is 10.0. The average molecular weight is 318 g/mol. The van der Waals surface area contributed by atoms with Crippen LogP contribution in [0.25, 0.3) is 0 Å². The Morgan fingerprint density at radius 1 is 0.909 bits per heavy atom. The van der Waals surface area contributed by atoms with Crippen LogP contribution in [0.2, 0.25) is 0 Å². The summed E-state index contributed by atoms with van der Waals surface area (Å²) in [6.07, 6.45) is 0. The highest BCUT2D eigenvalue weighted by molar-refractivity contribution is 7.91. The van der Waals surface area contributed by atoms with Gasteiger partial charge in [0.25, 0.3) is 0 Å². The van der Waals surface area contributed by atoms with Crippen molar-refractivity contribution in [2.75, 3.05) is 6.54 Å². The lowest BCUT2D eigenvalue weighted by molar-refractivity contribution is -0.367. The zero-order valence-corrected chi connectivity index (χ0v) is 14.2. The van der Waals surface area contributed by atoms with Gasteiger partial charge in [0.2, 0.25) is 0 Å². The minimum atomic E-state index is -3.42. The van der Waals surface area contributed by atoms with Crippen LogP contribution in [0.4, 0.5) is 0 Å². The third kappa shape index (κ3) is 3.39. The number of hydrogen-bond acceptors (Lipinski definition) is 2. The van der Waals surface area contributed by atoms with Crippen molar-refractivity contribution in [3.63, 3.8) is 0 Å². The second kappa shape index (κ2) is 6.63. The number of benzene rings is 2. The van der Waals surface area contributed by atoms with Crippen molar-refractivity contribution in [1.29, 1.82) is 0 Å². The van der Waals surface area contributed by atoms with Crippen LogP contribution in [0.15, 0.2) is 53.4 Å². The van der Waals surface area contributed by atoms with Gasteiger partial charge < -0.3 is 5.73 Å². The molecule has 0 bridgehead atoms. The predicted molar refractivity (Wildman–Crippen MR) is 89.4 cm³/mol. The molecule has 3 nitrogen and oxygen atoms in total. The van der Waals surface area contributed by atoms with E-state index < -0.39 is 15.1 Å². The molecule has 0 unspecified atom stereocenters. The molecule has 0 aromatic heterocycles. The topological polar surface area (TPSA) is 61.8 Å². The van der Waals surface area contributed by atoms with Gasteiger partial charge in [0.1, 0.15) is 5.25 Å². The molecule has 0 saturated heterocycles. The van der Waals surface area contributed by atoms with Crippen LogP contribution in [0.1, 0.15) is 41.7 Å². The molecule has 1 atom stereocenters. The van der Waals surface area contributed by atoms with Crippen molar-refractivity contribution in [3.8, 4) is 0 Å². The maximum atomic E-state index is 12.9. The number of sulfone groups is 1. The van der Waals surface area contributed by atoms with Gasteiger partial charge in [0.05, 0.1) is 11.4 Å². The molecule has 2 aromatic rings. The predicted octanol–water partition coefficient (Wildman–Crippen LogP) is 2.88. The van der Waals surface area contributed by atoms with Gasteiger partial charge in [-0.05, 0) is 36.1 Å². The van der Waals surface area contributed by atoms with E-state index in [0.29, 0.717) is 17.4 Å². The van der Waals surface area contributed by atoms with Gasteiger partial charge in [0, 0.05) is 0 Å². The molecule has 3 N–H and O–H groups in total. The highest BCUT2D eigenvalue weighted by Gasteiger charge is 2.29. The molecule has 0 saturated carbocycles. The molecular formula is C18H24NO2S+. The second-order valence-electron chi connectivity index (χ2n) is 5.96. The van der Waals surface area contributed by atoms with Crippen LogP contribution in [-0.2, 0) is 9.84 Å². The molecule has 0 aliphatic heterocycles. The number of rotatable bonds is 5. The van der Waals surface area contributed by atoms with Gasteiger partial charge in [-0.15, -0.1) is 0 Å². The summed E-state index contributed by atoms with van der Waals surface area (Å²) >= 11 is 0. The Labute approximate surface area is 133 Å². The highest BCUT2D eigenvalue weighted by Crippen LogP contribution is 2.29. The van der Waals surface area contributed by atoms with Gasteiger partial charge in [-0.2, -0.15) is 0 Å². The molecule has 0 aliphatic rings. The van der Waals surface area contributed by atoms with Gasteiger partial charge in [-0.25, -0.2) is 8.42 Å².